The number of aryl methyl sites for hydroxylation is 1. The monoisotopic (exact) mass is 775 g/mol. The molecule has 20 nitrogen and oxygen atoms in total. The Morgan fingerprint density at radius 3 is 1.41 bits per heavy atom. The number of nitrogens with zero attached hydrogens (tertiary/aromatic N) is 3. The number of aromatic nitrogens is 3. The van der Waals surface area contributed by atoms with Crippen molar-refractivity contribution in [3.63, 3.8) is 0 Å². The van der Waals surface area contributed by atoms with Gasteiger partial charge in [-0.05, 0) is 6.92 Å². The molecule has 1 aliphatic rings. The summed E-state index contributed by atoms with van der Waals surface area (Å²) in [5.74, 6) is 1.22. The molecule has 0 unspecified atom stereocenters. The maximum absolute atomic E-state index is 8.98. The summed E-state index contributed by atoms with van der Waals surface area (Å²) in [6, 6.07) is 0. The number of rotatable bonds is 4. The van der Waals surface area contributed by atoms with Crippen LogP contribution in [0.25, 0.3) is 0 Å². The van der Waals surface area contributed by atoms with Gasteiger partial charge in [-0.2, -0.15) is 4.57 Å². The van der Waals surface area contributed by atoms with Gasteiger partial charge >= 0.3 is 41.3 Å². The fourth-order valence-electron chi connectivity index (χ4n) is 2.65. The van der Waals surface area contributed by atoms with Gasteiger partial charge in [-0.15, -0.1) is 48.9 Å². The molecule has 0 spiro atoms. The molecule has 27 heteroatoms. The minimum absolute atomic E-state index is 0. The highest BCUT2D eigenvalue weighted by atomic mass is 35.5. The summed E-state index contributed by atoms with van der Waals surface area (Å²) in [5, 5.41) is 8.98. The third-order valence-corrected chi connectivity index (χ3v) is 5.25. The molecule has 0 saturated heterocycles. The van der Waals surface area contributed by atoms with Crippen LogP contribution in [0.1, 0.15) is 54.1 Å². The second-order valence-corrected chi connectivity index (χ2v) is 10.7. The van der Waals surface area contributed by atoms with Gasteiger partial charge in [-0.3, -0.25) is 0 Å². The van der Waals surface area contributed by atoms with Gasteiger partial charge in [-0.25, -0.2) is 9.97 Å². The molecule has 0 aromatic carbocycles. The summed E-state index contributed by atoms with van der Waals surface area (Å²) < 4.78 is 45.6. The van der Waals surface area contributed by atoms with E-state index in [0.717, 1.165) is 11.3 Å². The summed E-state index contributed by atoms with van der Waals surface area (Å²) in [4.78, 5) is 80.7. The molecule has 0 radical (unpaired) electrons. The highest BCUT2D eigenvalue weighted by molar-refractivity contribution is 7.31. The van der Waals surface area contributed by atoms with Gasteiger partial charge in [0.15, 0.2) is 12.2 Å². The van der Waals surface area contributed by atoms with E-state index in [1.807, 2.05) is 19.4 Å². The molecule has 2 aromatic heterocycles. The average molecular weight is 776 g/mol. The van der Waals surface area contributed by atoms with E-state index in [4.69, 9.17) is 82.6 Å². The molecule has 2 aromatic rings. The molecule has 44 heavy (non-hydrogen) atoms. The van der Waals surface area contributed by atoms with Crippen LogP contribution in [0.3, 0.4) is 0 Å². The minimum Gasteiger partial charge on any atom is -1.00 e. The highest BCUT2D eigenvalue weighted by Gasteiger charge is 2.17. The molecule has 3 rings (SSSR count). The number of hydrogen-bond acceptors (Lipinski definition) is 10. The fraction of sp³-hybridized carbons (Fsp3) is 0.588. The van der Waals surface area contributed by atoms with Crippen LogP contribution < -0.4 is 22.7 Å². The standard InChI is InChI=1S/C12H17N4OS.C5H10.ClH.5HO3P/c1-8-11(3-4-17)18-7-16(8)6-10-5-14-9(2)15-12(10)13;1-2-4-5-3-1;;5*1-4(2)3/h5,7,17H,3-4,6H2,1-2H3,(H2,13,14,15);1-5H2;1H;5*(H-,1,2,3)/q+1;;;;;;;/p+4. The Hall–Kier alpha value is -1.14. The van der Waals surface area contributed by atoms with Gasteiger partial charge in [0.1, 0.15) is 11.6 Å². The Morgan fingerprint density at radius 1 is 0.773 bits per heavy atom. The van der Waals surface area contributed by atoms with Crippen LogP contribution >= 0.6 is 52.6 Å². The summed E-state index contributed by atoms with van der Waals surface area (Å²) in [5.41, 5.74) is 10.0. The molecule has 1 aliphatic carbocycles. The smallest absolute Gasteiger partial charge is 0.692 e. The van der Waals surface area contributed by atoms with E-state index < -0.39 is 41.3 Å². The van der Waals surface area contributed by atoms with E-state index in [1.165, 1.54) is 37.0 Å². The minimum atomic E-state index is -2.87. The number of hydrogen-bond donors (Lipinski definition) is 12. The van der Waals surface area contributed by atoms with Gasteiger partial charge in [0.05, 0.1) is 10.4 Å². The van der Waals surface area contributed by atoms with Gasteiger partial charge in [0.2, 0.25) is 5.51 Å². The van der Waals surface area contributed by atoms with Crippen LogP contribution in [0.15, 0.2) is 11.7 Å². The lowest BCUT2D eigenvalue weighted by atomic mass is 10.2. The van der Waals surface area contributed by atoms with E-state index in [0.29, 0.717) is 24.6 Å². The van der Waals surface area contributed by atoms with Crippen molar-refractivity contribution in [1.82, 2.24) is 9.97 Å². The summed E-state index contributed by atoms with van der Waals surface area (Å²) >= 11 is 1.65. The number of nitrogen functional groups attached to an aromatic ring is 1. The largest absolute Gasteiger partial charge is 1.00 e. The van der Waals surface area contributed by atoms with Crippen molar-refractivity contribution < 1.29 is 93.8 Å². The maximum Gasteiger partial charge on any atom is 0.692 e. The van der Waals surface area contributed by atoms with Crippen LogP contribution in [0.5, 0.6) is 0 Å². The van der Waals surface area contributed by atoms with Crippen molar-refractivity contribution in [3.05, 3.63) is 33.7 Å². The molecule has 2 heterocycles. The molecule has 1 saturated carbocycles. The van der Waals surface area contributed by atoms with Gasteiger partial charge in [-0.1, -0.05) is 43.4 Å². The first-order valence-corrected chi connectivity index (χ1v) is 17.9. The predicted octanol–water partition coefficient (Wildman–Crippen LogP) is -2.30. The zero-order valence-corrected chi connectivity index (χ0v) is 29.3. The molecule has 0 aliphatic heterocycles. The Bertz CT molecular complexity index is 1020. The molecular weight excluding hydrogens is 739 g/mol. The SMILES string of the molecule is C1CCCC1.Cc1ncc(C[n+]2csc(CCO)c2C)c(N)n1.O=[P+](O)O.O=[P+](O)O.O=[P+](O)O.O=[P+](O)O.O=[P+](O)O.[Cl-]. The Morgan fingerprint density at radius 2 is 1.11 bits per heavy atom. The Labute approximate surface area is 266 Å². The number of aliphatic hydroxyl groups excluding tert-OH is 1. The summed E-state index contributed by atoms with van der Waals surface area (Å²) in [7, 11) is -14.4. The van der Waals surface area contributed by atoms with E-state index in [2.05, 4.69) is 14.5 Å². The molecule has 1 fully saturated rings. The lowest BCUT2D eigenvalue weighted by Crippen LogP contribution is -3.00. The first kappa shape index (κ1) is 52.4. The summed E-state index contributed by atoms with van der Waals surface area (Å²) in [6.07, 6.45) is 9.97. The van der Waals surface area contributed by atoms with E-state index >= 15 is 0 Å². The van der Waals surface area contributed by atoms with Crippen LogP contribution in [-0.4, -0.2) is 70.6 Å². The Balaban J connectivity index is -0.000000160. The molecule has 0 amide bonds. The second-order valence-electron chi connectivity index (χ2n) is 7.19. The van der Waals surface area contributed by atoms with E-state index in [1.54, 1.807) is 17.5 Å². The van der Waals surface area contributed by atoms with Crippen LogP contribution in [0.2, 0.25) is 0 Å². The normalized spacial score (nSPS) is 10.1. The van der Waals surface area contributed by atoms with E-state index in [9.17, 15) is 0 Å². The zero-order chi connectivity index (χ0) is 34.5. The third-order valence-electron chi connectivity index (χ3n) is 4.10. The quantitative estimate of drug-likeness (QED) is 0.115. The molecule has 0 bridgehead atoms. The van der Waals surface area contributed by atoms with Gasteiger partial charge < -0.3 is 23.2 Å². The average Bonchev–Trinajstić information content (AvgIpc) is 3.49. The first-order valence-electron chi connectivity index (χ1n) is 11.2. The lowest BCUT2D eigenvalue weighted by Gasteiger charge is -2.01. The van der Waals surface area contributed by atoms with Crippen molar-refractivity contribution in [2.75, 3.05) is 12.3 Å². The summed E-state index contributed by atoms with van der Waals surface area (Å²) in [6.45, 7) is 4.71. The third kappa shape index (κ3) is 47.8. The van der Waals surface area contributed by atoms with Crippen LogP contribution in [-0.2, 0) is 35.8 Å². The van der Waals surface area contributed by atoms with Crippen LogP contribution in [0, 0.1) is 13.8 Å². The number of thiazole rings is 1. The second kappa shape index (κ2) is 34.7. The first-order chi connectivity index (χ1) is 19.8. The molecular formula is C17H37ClN4O16P5S+5. The van der Waals surface area contributed by atoms with Crippen molar-refractivity contribution in [2.45, 2.75) is 58.9 Å². The highest BCUT2D eigenvalue weighted by Crippen LogP contribution is 2.15. The number of aliphatic hydroxyl groups is 1. The molecule has 13 N–H and O–H groups in total. The van der Waals surface area contributed by atoms with E-state index in [-0.39, 0.29) is 19.0 Å². The van der Waals surface area contributed by atoms with Crippen molar-refractivity contribution in [2.24, 2.45) is 0 Å². The molecule has 0 atom stereocenters. The number of halogens is 1. The fourth-order valence-corrected chi connectivity index (χ4v) is 3.63. The molecule has 254 valence electrons. The number of nitrogens with two attached hydrogens (primary N) is 1. The predicted molar refractivity (Wildman–Crippen MR) is 154 cm³/mol. The Kier molecular flexibility index (Phi) is 41.4. The topological polar surface area (TPSA) is 364 Å². The van der Waals surface area contributed by atoms with Gasteiger partial charge in [0, 0.05) is 49.0 Å². The maximum atomic E-state index is 8.98. The van der Waals surface area contributed by atoms with Crippen LogP contribution in [0.4, 0.5) is 5.82 Å². The lowest BCUT2D eigenvalue weighted by molar-refractivity contribution is -0.689. The number of anilines is 1. The van der Waals surface area contributed by atoms with Crippen molar-refractivity contribution >= 4 is 58.4 Å². The van der Waals surface area contributed by atoms with Gasteiger partial charge in [0.25, 0.3) is 0 Å². The van der Waals surface area contributed by atoms with Crippen molar-refractivity contribution in [3.8, 4) is 0 Å². The van der Waals surface area contributed by atoms with Crippen molar-refractivity contribution in [1.29, 1.82) is 0 Å². The zero-order valence-electron chi connectivity index (χ0n) is 23.2.